The molecule has 102 valence electrons. The lowest BCUT2D eigenvalue weighted by atomic mass is 10.2. The zero-order valence-corrected chi connectivity index (χ0v) is 13.0. The Bertz CT molecular complexity index is 698. The number of nitrogens with one attached hydrogen (secondary N) is 1. The van der Waals surface area contributed by atoms with E-state index < -0.39 is 10.0 Å². The summed E-state index contributed by atoms with van der Waals surface area (Å²) in [5.41, 5.74) is 1.18. The maximum absolute atomic E-state index is 12.1. The number of aryl methyl sites for hydroxylation is 1. The van der Waals surface area contributed by atoms with Crippen LogP contribution in [-0.4, -0.2) is 13.4 Å². The number of thiazole rings is 1. The SMILES string of the molecule is Cc1nc(Cl)sc1S(=O)(=O)NCc1cccc(Cl)c1. The van der Waals surface area contributed by atoms with Crippen LogP contribution in [0.2, 0.25) is 9.49 Å². The minimum absolute atomic E-state index is 0.138. The van der Waals surface area contributed by atoms with Crippen LogP contribution >= 0.6 is 34.5 Å². The van der Waals surface area contributed by atoms with Crippen LogP contribution in [0.4, 0.5) is 0 Å². The second-order valence-electron chi connectivity index (χ2n) is 3.79. The van der Waals surface area contributed by atoms with Gasteiger partial charge in [-0.2, -0.15) is 0 Å². The molecule has 0 bridgehead atoms. The molecule has 1 aromatic carbocycles. The van der Waals surface area contributed by atoms with Gasteiger partial charge in [0, 0.05) is 11.6 Å². The first kappa shape index (κ1) is 14.7. The van der Waals surface area contributed by atoms with Crippen LogP contribution in [-0.2, 0) is 16.6 Å². The van der Waals surface area contributed by atoms with E-state index in [-0.39, 0.29) is 15.2 Å². The summed E-state index contributed by atoms with van der Waals surface area (Å²) in [6.07, 6.45) is 0. The standard InChI is InChI=1S/C11H10Cl2N2O2S2/c1-7-10(18-11(13)15-7)19(16,17)14-6-8-3-2-4-9(12)5-8/h2-5,14H,6H2,1H3. The number of benzene rings is 1. The van der Waals surface area contributed by atoms with Crippen molar-refractivity contribution in [2.75, 3.05) is 0 Å². The minimum Gasteiger partial charge on any atom is -0.229 e. The third kappa shape index (κ3) is 3.67. The average molecular weight is 337 g/mol. The van der Waals surface area contributed by atoms with Crippen LogP contribution in [0.3, 0.4) is 0 Å². The maximum Gasteiger partial charge on any atom is 0.252 e. The van der Waals surface area contributed by atoms with Gasteiger partial charge in [-0.25, -0.2) is 18.1 Å². The van der Waals surface area contributed by atoms with Crippen molar-refractivity contribution in [1.29, 1.82) is 0 Å². The lowest BCUT2D eigenvalue weighted by Gasteiger charge is -2.05. The summed E-state index contributed by atoms with van der Waals surface area (Å²) in [5.74, 6) is 0. The first-order valence-corrected chi connectivity index (χ1v) is 8.31. The third-order valence-electron chi connectivity index (χ3n) is 2.33. The van der Waals surface area contributed by atoms with Gasteiger partial charge in [0.25, 0.3) is 10.0 Å². The van der Waals surface area contributed by atoms with Crippen LogP contribution < -0.4 is 4.72 Å². The number of nitrogens with zero attached hydrogens (tertiary/aromatic N) is 1. The molecule has 0 saturated heterocycles. The van der Waals surface area contributed by atoms with Crippen LogP contribution in [0.25, 0.3) is 0 Å². The zero-order chi connectivity index (χ0) is 14.0. The predicted molar refractivity (Wildman–Crippen MR) is 77.3 cm³/mol. The van der Waals surface area contributed by atoms with E-state index in [1.807, 2.05) is 0 Å². The number of hydrogen-bond donors (Lipinski definition) is 1. The fourth-order valence-electron chi connectivity index (χ4n) is 1.49. The van der Waals surface area contributed by atoms with Crippen molar-refractivity contribution in [1.82, 2.24) is 9.71 Å². The molecule has 1 aromatic heterocycles. The van der Waals surface area contributed by atoms with Crippen LogP contribution in [0.15, 0.2) is 28.5 Å². The summed E-state index contributed by atoms with van der Waals surface area (Å²) in [6.45, 7) is 1.77. The number of halogens is 2. The number of rotatable bonds is 4. The largest absolute Gasteiger partial charge is 0.252 e. The van der Waals surface area contributed by atoms with Crippen molar-refractivity contribution in [3.8, 4) is 0 Å². The van der Waals surface area contributed by atoms with Gasteiger partial charge in [0.2, 0.25) is 0 Å². The van der Waals surface area contributed by atoms with Gasteiger partial charge in [-0.1, -0.05) is 46.7 Å². The number of aromatic nitrogens is 1. The molecule has 0 amide bonds. The molecule has 0 unspecified atom stereocenters. The summed E-state index contributed by atoms with van der Waals surface area (Å²) in [7, 11) is -3.60. The van der Waals surface area contributed by atoms with Crippen molar-refractivity contribution < 1.29 is 8.42 Å². The highest BCUT2D eigenvalue weighted by Crippen LogP contribution is 2.26. The quantitative estimate of drug-likeness (QED) is 0.932. The van der Waals surface area contributed by atoms with E-state index in [0.29, 0.717) is 10.7 Å². The maximum atomic E-state index is 12.1. The first-order valence-electron chi connectivity index (χ1n) is 5.25. The molecule has 0 spiro atoms. The Labute approximate surface area is 125 Å². The smallest absolute Gasteiger partial charge is 0.229 e. The summed E-state index contributed by atoms with van der Waals surface area (Å²) in [6, 6.07) is 6.99. The lowest BCUT2D eigenvalue weighted by Crippen LogP contribution is -2.23. The van der Waals surface area contributed by atoms with E-state index in [0.717, 1.165) is 16.9 Å². The predicted octanol–water partition coefficient (Wildman–Crippen LogP) is 3.24. The molecular formula is C11H10Cl2N2O2S2. The van der Waals surface area contributed by atoms with Crippen molar-refractivity contribution in [2.24, 2.45) is 0 Å². The third-order valence-corrected chi connectivity index (χ3v) is 5.84. The van der Waals surface area contributed by atoms with Crippen LogP contribution in [0, 0.1) is 6.92 Å². The normalized spacial score (nSPS) is 11.7. The fraction of sp³-hybridized carbons (Fsp3) is 0.182. The number of sulfonamides is 1. The van der Waals surface area contributed by atoms with Crippen molar-refractivity contribution in [3.63, 3.8) is 0 Å². The van der Waals surface area contributed by atoms with Crippen LogP contribution in [0.5, 0.6) is 0 Å². The summed E-state index contributed by atoms with van der Waals surface area (Å²) < 4.78 is 27.0. The highest BCUT2D eigenvalue weighted by Gasteiger charge is 2.20. The van der Waals surface area contributed by atoms with E-state index in [9.17, 15) is 8.42 Å². The Morgan fingerprint density at radius 3 is 2.68 bits per heavy atom. The van der Waals surface area contributed by atoms with Gasteiger partial charge in [0.15, 0.2) is 8.68 Å². The van der Waals surface area contributed by atoms with Crippen molar-refractivity contribution in [3.05, 3.63) is 45.0 Å². The summed E-state index contributed by atoms with van der Waals surface area (Å²) in [5, 5.41) is 0.564. The monoisotopic (exact) mass is 336 g/mol. The highest BCUT2D eigenvalue weighted by atomic mass is 35.5. The van der Waals surface area contributed by atoms with Gasteiger partial charge in [0.05, 0.1) is 5.69 Å². The first-order chi connectivity index (χ1) is 8.88. The molecule has 0 fully saturated rings. The van der Waals surface area contributed by atoms with E-state index in [1.165, 1.54) is 0 Å². The molecule has 0 aliphatic rings. The highest BCUT2D eigenvalue weighted by molar-refractivity contribution is 7.91. The summed E-state index contributed by atoms with van der Waals surface area (Å²) >= 11 is 12.5. The Morgan fingerprint density at radius 1 is 1.37 bits per heavy atom. The Morgan fingerprint density at radius 2 is 2.11 bits per heavy atom. The molecule has 19 heavy (non-hydrogen) atoms. The molecule has 0 saturated carbocycles. The Kier molecular flexibility index (Phi) is 4.47. The molecule has 0 aliphatic heterocycles. The zero-order valence-electron chi connectivity index (χ0n) is 9.85. The molecule has 0 atom stereocenters. The lowest BCUT2D eigenvalue weighted by molar-refractivity contribution is 0.582. The molecule has 4 nitrogen and oxygen atoms in total. The van der Waals surface area contributed by atoms with E-state index in [2.05, 4.69) is 9.71 Å². The molecular weight excluding hydrogens is 327 g/mol. The van der Waals surface area contributed by atoms with Gasteiger partial charge in [-0.15, -0.1) is 0 Å². The average Bonchev–Trinajstić information content (AvgIpc) is 2.67. The number of hydrogen-bond acceptors (Lipinski definition) is 4. The fourth-order valence-corrected chi connectivity index (χ4v) is 4.50. The molecule has 8 heteroatoms. The molecule has 1 heterocycles. The summed E-state index contributed by atoms with van der Waals surface area (Å²) in [4.78, 5) is 3.89. The second kappa shape index (κ2) is 5.76. The Hall–Kier alpha value is -0.660. The molecule has 0 aliphatic carbocycles. The molecule has 2 rings (SSSR count). The van der Waals surface area contributed by atoms with Gasteiger partial charge >= 0.3 is 0 Å². The van der Waals surface area contributed by atoms with Crippen LogP contribution in [0.1, 0.15) is 11.3 Å². The molecule has 1 N–H and O–H groups in total. The second-order valence-corrected chi connectivity index (χ2v) is 7.77. The van der Waals surface area contributed by atoms with E-state index in [1.54, 1.807) is 31.2 Å². The van der Waals surface area contributed by atoms with E-state index >= 15 is 0 Å². The van der Waals surface area contributed by atoms with Crippen molar-refractivity contribution in [2.45, 2.75) is 17.7 Å². The van der Waals surface area contributed by atoms with Gasteiger partial charge in [-0.05, 0) is 24.6 Å². The Balaban J connectivity index is 2.16. The van der Waals surface area contributed by atoms with E-state index in [4.69, 9.17) is 23.2 Å². The minimum atomic E-state index is -3.60. The molecule has 0 radical (unpaired) electrons. The van der Waals surface area contributed by atoms with Gasteiger partial charge in [-0.3, -0.25) is 0 Å². The topological polar surface area (TPSA) is 59.1 Å². The molecule has 2 aromatic rings. The van der Waals surface area contributed by atoms with Crippen molar-refractivity contribution >= 4 is 44.6 Å². The van der Waals surface area contributed by atoms with Gasteiger partial charge in [0.1, 0.15) is 0 Å². The van der Waals surface area contributed by atoms with Gasteiger partial charge < -0.3 is 0 Å².